The van der Waals surface area contributed by atoms with Crippen LogP contribution in [0.2, 0.25) is 0 Å². The van der Waals surface area contributed by atoms with Gasteiger partial charge in [0.15, 0.2) is 5.65 Å². The third-order valence-corrected chi connectivity index (χ3v) is 4.91. The van der Waals surface area contributed by atoms with Crippen LogP contribution in [0.4, 0.5) is 0 Å². The second-order valence-electron chi connectivity index (χ2n) is 6.60. The molecule has 0 aliphatic carbocycles. The van der Waals surface area contributed by atoms with E-state index in [-0.39, 0.29) is 18.0 Å². The first kappa shape index (κ1) is 16.4. The molecule has 4 rings (SSSR count). The zero-order valence-electron chi connectivity index (χ0n) is 14.8. The van der Waals surface area contributed by atoms with Crippen LogP contribution in [-0.4, -0.2) is 36.9 Å². The van der Waals surface area contributed by atoms with E-state index in [1.54, 1.807) is 24.9 Å². The van der Waals surface area contributed by atoms with Crippen molar-refractivity contribution in [2.75, 3.05) is 6.54 Å². The van der Waals surface area contributed by atoms with Crippen LogP contribution in [0.15, 0.2) is 35.5 Å². The Kier molecular flexibility index (Phi) is 3.99. The fourth-order valence-electron chi connectivity index (χ4n) is 3.21. The summed E-state index contributed by atoms with van der Waals surface area (Å²) < 4.78 is 1.38. The summed E-state index contributed by atoms with van der Waals surface area (Å²) in [5, 5.41) is 0.968. The number of fused-ring (bicyclic) bond motifs is 2. The Morgan fingerprint density at radius 2 is 2.12 bits per heavy atom. The van der Waals surface area contributed by atoms with E-state index in [1.807, 2.05) is 18.2 Å². The minimum Gasteiger partial charge on any atom is -0.336 e. The molecular weight excluding hydrogens is 330 g/mol. The van der Waals surface area contributed by atoms with Gasteiger partial charge in [0.2, 0.25) is 5.91 Å². The predicted molar refractivity (Wildman–Crippen MR) is 96.6 cm³/mol. The molecule has 0 unspecified atom stereocenters. The lowest BCUT2D eigenvalue weighted by atomic mass is 10.0. The highest BCUT2D eigenvalue weighted by atomic mass is 16.2. The molecular formula is C19H19N5O2. The molecule has 4 heterocycles. The maximum Gasteiger partial charge on any atom is 0.256 e. The highest BCUT2D eigenvalue weighted by Crippen LogP contribution is 2.21. The minimum atomic E-state index is -0.165. The lowest BCUT2D eigenvalue weighted by Gasteiger charge is -2.28. The van der Waals surface area contributed by atoms with Crippen LogP contribution in [0.1, 0.15) is 22.5 Å². The number of amides is 1. The zero-order valence-corrected chi connectivity index (χ0v) is 14.8. The van der Waals surface area contributed by atoms with Crippen molar-refractivity contribution in [2.24, 2.45) is 0 Å². The number of hydrogen-bond acceptors (Lipinski definition) is 5. The van der Waals surface area contributed by atoms with Gasteiger partial charge in [-0.25, -0.2) is 15.0 Å². The number of nitrogens with zero attached hydrogens (tertiary/aromatic N) is 5. The highest BCUT2D eigenvalue weighted by Gasteiger charge is 2.23. The van der Waals surface area contributed by atoms with E-state index < -0.39 is 0 Å². The molecule has 26 heavy (non-hydrogen) atoms. The largest absolute Gasteiger partial charge is 0.336 e. The molecule has 0 fully saturated rings. The van der Waals surface area contributed by atoms with Crippen molar-refractivity contribution in [1.29, 1.82) is 0 Å². The van der Waals surface area contributed by atoms with Gasteiger partial charge in [-0.05, 0) is 37.6 Å². The van der Waals surface area contributed by atoms with Crippen molar-refractivity contribution in [2.45, 2.75) is 33.4 Å². The van der Waals surface area contributed by atoms with E-state index in [2.05, 4.69) is 15.0 Å². The Hall–Kier alpha value is -3.09. The molecule has 7 nitrogen and oxygen atoms in total. The summed E-state index contributed by atoms with van der Waals surface area (Å²) in [6.07, 6.45) is 3.87. The van der Waals surface area contributed by atoms with Gasteiger partial charge in [-0.3, -0.25) is 14.2 Å². The van der Waals surface area contributed by atoms with E-state index in [0.717, 1.165) is 22.3 Å². The van der Waals surface area contributed by atoms with Crippen molar-refractivity contribution < 1.29 is 4.79 Å². The zero-order chi connectivity index (χ0) is 18.3. The van der Waals surface area contributed by atoms with E-state index in [1.165, 1.54) is 10.9 Å². The molecule has 0 saturated carbocycles. The molecule has 0 saturated heterocycles. The van der Waals surface area contributed by atoms with Crippen LogP contribution in [0, 0.1) is 13.8 Å². The fraction of sp³-hybridized carbons (Fsp3) is 0.316. The molecule has 1 amide bonds. The van der Waals surface area contributed by atoms with Gasteiger partial charge in [-0.2, -0.15) is 0 Å². The topological polar surface area (TPSA) is 81.0 Å². The average molecular weight is 349 g/mol. The standard InChI is InChI=1S/C19H19N5O2/c1-12-13(2)21-11-24(19(12)26)10-17(25)23-7-5-16-15(9-23)8-14-4-3-6-20-18(14)22-16/h3-4,6,8,11H,5,7,9-10H2,1-2H3. The number of pyridine rings is 2. The smallest absolute Gasteiger partial charge is 0.256 e. The first-order chi connectivity index (χ1) is 12.5. The summed E-state index contributed by atoms with van der Waals surface area (Å²) >= 11 is 0. The van der Waals surface area contributed by atoms with Crippen LogP contribution in [-0.2, 0) is 24.3 Å². The maximum atomic E-state index is 12.7. The lowest BCUT2D eigenvalue weighted by Crippen LogP contribution is -2.40. The summed E-state index contributed by atoms with van der Waals surface area (Å²) in [5.41, 5.74) is 3.87. The molecule has 1 aliphatic heterocycles. The summed E-state index contributed by atoms with van der Waals surface area (Å²) in [7, 11) is 0. The van der Waals surface area contributed by atoms with Gasteiger partial charge in [0.1, 0.15) is 6.54 Å². The summed E-state index contributed by atoms with van der Waals surface area (Å²) in [6.45, 7) is 4.61. The van der Waals surface area contributed by atoms with Gasteiger partial charge in [-0.15, -0.1) is 0 Å². The summed E-state index contributed by atoms with van der Waals surface area (Å²) in [6, 6.07) is 5.89. The number of carbonyl (C=O) groups is 1. The molecule has 0 radical (unpaired) electrons. The van der Waals surface area contributed by atoms with Gasteiger partial charge in [0.25, 0.3) is 5.56 Å². The molecule has 3 aromatic rings. The predicted octanol–water partition coefficient (Wildman–Crippen LogP) is 1.39. The molecule has 0 spiro atoms. The SMILES string of the molecule is Cc1ncn(CC(=O)N2CCc3nc4ncccc4cc3C2)c(=O)c1C. The third kappa shape index (κ3) is 2.85. The first-order valence-electron chi connectivity index (χ1n) is 8.57. The van der Waals surface area contributed by atoms with Crippen molar-refractivity contribution >= 4 is 16.9 Å². The third-order valence-electron chi connectivity index (χ3n) is 4.91. The Morgan fingerprint density at radius 1 is 1.27 bits per heavy atom. The molecule has 3 aromatic heterocycles. The highest BCUT2D eigenvalue weighted by molar-refractivity contribution is 5.78. The van der Waals surface area contributed by atoms with Crippen molar-refractivity contribution in [3.8, 4) is 0 Å². The summed E-state index contributed by atoms with van der Waals surface area (Å²) in [4.78, 5) is 39.8. The number of aryl methyl sites for hydroxylation is 1. The Labute approximate surface area is 150 Å². The van der Waals surface area contributed by atoms with Gasteiger partial charge >= 0.3 is 0 Å². The van der Waals surface area contributed by atoms with Crippen LogP contribution in [0.3, 0.4) is 0 Å². The van der Waals surface area contributed by atoms with Crippen LogP contribution < -0.4 is 5.56 Å². The van der Waals surface area contributed by atoms with Crippen molar-refractivity contribution in [3.63, 3.8) is 0 Å². The Bertz CT molecular complexity index is 1070. The quantitative estimate of drug-likeness (QED) is 0.698. The fourth-order valence-corrected chi connectivity index (χ4v) is 3.21. The number of carbonyl (C=O) groups excluding carboxylic acids is 1. The van der Waals surface area contributed by atoms with E-state index in [0.29, 0.717) is 30.8 Å². The lowest BCUT2D eigenvalue weighted by molar-refractivity contribution is -0.132. The monoisotopic (exact) mass is 349 g/mol. The van der Waals surface area contributed by atoms with Gasteiger partial charge in [-0.1, -0.05) is 0 Å². The molecule has 0 aromatic carbocycles. The number of aromatic nitrogens is 4. The van der Waals surface area contributed by atoms with Gasteiger partial charge < -0.3 is 4.90 Å². The van der Waals surface area contributed by atoms with Crippen LogP contribution in [0.25, 0.3) is 11.0 Å². The average Bonchev–Trinajstić information content (AvgIpc) is 2.66. The molecule has 7 heteroatoms. The van der Waals surface area contributed by atoms with Crippen LogP contribution in [0.5, 0.6) is 0 Å². The number of hydrogen-bond donors (Lipinski definition) is 0. The summed E-state index contributed by atoms with van der Waals surface area (Å²) in [5.74, 6) is -0.0888. The van der Waals surface area contributed by atoms with E-state index in [4.69, 9.17) is 0 Å². The van der Waals surface area contributed by atoms with E-state index >= 15 is 0 Å². The Morgan fingerprint density at radius 3 is 2.96 bits per heavy atom. The first-order valence-corrected chi connectivity index (χ1v) is 8.57. The molecule has 0 atom stereocenters. The van der Waals surface area contributed by atoms with E-state index in [9.17, 15) is 9.59 Å². The minimum absolute atomic E-state index is 0.00481. The molecule has 132 valence electrons. The van der Waals surface area contributed by atoms with Gasteiger partial charge in [0, 0.05) is 48.0 Å². The normalized spacial score (nSPS) is 13.7. The van der Waals surface area contributed by atoms with Crippen molar-refractivity contribution in [3.05, 3.63) is 63.6 Å². The number of rotatable bonds is 2. The maximum absolute atomic E-state index is 12.7. The Balaban J connectivity index is 1.57. The second-order valence-corrected chi connectivity index (χ2v) is 6.60. The van der Waals surface area contributed by atoms with Crippen LogP contribution >= 0.6 is 0 Å². The molecule has 1 aliphatic rings. The molecule has 0 bridgehead atoms. The molecule has 0 N–H and O–H groups in total. The van der Waals surface area contributed by atoms with Gasteiger partial charge in [0.05, 0.1) is 6.33 Å². The second kappa shape index (κ2) is 6.33. The van der Waals surface area contributed by atoms with Crippen molar-refractivity contribution in [1.82, 2.24) is 24.4 Å².